The lowest BCUT2D eigenvalue weighted by atomic mass is 10.0. The molecule has 0 spiro atoms. The van der Waals surface area contributed by atoms with Gasteiger partial charge < -0.3 is 0 Å². The number of ketones is 1. The van der Waals surface area contributed by atoms with Gasteiger partial charge in [-0.05, 0) is 51.4 Å². The number of carbonyl (C=O) groups excluding carboxylic acids is 1. The smallest absolute Gasteiger partial charge is 0.132 e. The van der Waals surface area contributed by atoms with Crippen LogP contribution in [0.4, 0.5) is 0 Å². The first-order valence-corrected chi connectivity index (χ1v) is 10.6. The van der Waals surface area contributed by atoms with Crippen molar-refractivity contribution >= 4 is 5.78 Å². The van der Waals surface area contributed by atoms with Gasteiger partial charge in [0.15, 0.2) is 0 Å². The quantitative estimate of drug-likeness (QED) is 0.183. The van der Waals surface area contributed by atoms with Gasteiger partial charge in [-0.1, -0.05) is 76.7 Å². The summed E-state index contributed by atoms with van der Waals surface area (Å²) in [4.78, 5) is 11.8. The van der Waals surface area contributed by atoms with E-state index >= 15 is 0 Å². The largest absolute Gasteiger partial charge is 0.300 e. The second-order valence-electron chi connectivity index (χ2n) is 6.91. The zero-order valence-corrected chi connectivity index (χ0v) is 16.5. The Labute approximate surface area is 152 Å². The molecule has 0 N–H and O–H groups in total. The van der Waals surface area contributed by atoms with E-state index in [0.717, 1.165) is 38.5 Å². The van der Waals surface area contributed by atoms with Gasteiger partial charge in [-0.15, -0.1) is 0 Å². The Balaban J connectivity index is 3.21. The van der Waals surface area contributed by atoms with Crippen molar-refractivity contribution in [2.75, 3.05) is 0 Å². The highest BCUT2D eigenvalue weighted by atomic mass is 16.1. The molecule has 140 valence electrons. The molecule has 0 saturated carbocycles. The molecule has 0 aromatic rings. The monoisotopic (exact) mass is 334 g/mol. The number of unbranched alkanes of at least 4 members (excludes halogenated alkanes) is 10. The molecule has 24 heavy (non-hydrogen) atoms. The highest BCUT2D eigenvalue weighted by Crippen LogP contribution is 2.12. The minimum Gasteiger partial charge on any atom is -0.300 e. The van der Waals surface area contributed by atoms with Crippen molar-refractivity contribution in [1.29, 1.82) is 0 Å². The van der Waals surface area contributed by atoms with E-state index in [2.05, 4.69) is 38.2 Å². The zero-order valence-electron chi connectivity index (χ0n) is 16.5. The van der Waals surface area contributed by atoms with Crippen LogP contribution in [0.5, 0.6) is 0 Å². The van der Waals surface area contributed by atoms with E-state index in [9.17, 15) is 4.79 Å². The number of Topliss-reactive ketones (excluding diaryl/α,β-unsaturated/α-hetero) is 1. The number of hydrogen-bond donors (Lipinski definition) is 0. The minimum absolute atomic E-state index is 0.492. The lowest BCUT2D eigenvalue weighted by molar-refractivity contribution is -0.119. The molecule has 1 nitrogen and oxygen atoms in total. The molecule has 0 saturated heterocycles. The van der Waals surface area contributed by atoms with Crippen LogP contribution in [-0.4, -0.2) is 5.78 Å². The molecule has 0 unspecified atom stereocenters. The van der Waals surface area contributed by atoms with Crippen LogP contribution in [-0.2, 0) is 4.79 Å². The predicted molar refractivity (Wildman–Crippen MR) is 109 cm³/mol. The Morgan fingerprint density at radius 2 is 0.917 bits per heavy atom. The summed E-state index contributed by atoms with van der Waals surface area (Å²) in [7, 11) is 0. The highest BCUT2D eigenvalue weighted by Gasteiger charge is 2.01. The topological polar surface area (TPSA) is 17.1 Å². The van der Waals surface area contributed by atoms with Crippen molar-refractivity contribution in [1.82, 2.24) is 0 Å². The van der Waals surface area contributed by atoms with Crippen molar-refractivity contribution in [2.24, 2.45) is 0 Å². The molecule has 0 amide bonds. The van der Waals surface area contributed by atoms with E-state index in [1.54, 1.807) is 0 Å². The molecule has 0 aliphatic carbocycles. The lowest BCUT2D eigenvalue weighted by Gasteiger charge is -2.02. The molecule has 0 aromatic carbocycles. The van der Waals surface area contributed by atoms with Crippen LogP contribution in [0.3, 0.4) is 0 Å². The molecule has 0 heterocycles. The average Bonchev–Trinajstić information content (AvgIpc) is 2.59. The molecule has 0 radical (unpaired) electrons. The predicted octanol–water partition coefficient (Wildman–Crippen LogP) is 7.95. The van der Waals surface area contributed by atoms with Crippen LogP contribution in [0.25, 0.3) is 0 Å². The van der Waals surface area contributed by atoms with Crippen LogP contribution in [0, 0.1) is 0 Å². The first-order chi connectivity index (χ1) is 11.8. The van der Waals surface area contributed by atoms with Crippen LogP contribution in [0.1, 0.15) is 117 Å². The van der Waals surface area contributed by atoms with Gasteiger partial charge in [0, 0.05) is 12.8 Å². The lowest BCUT2D eigenvalue weighted by Crippen LogP contribution is -1.97. The zero-order chi connectivity index (χ0) is 17.7. The fourth-order valence-corrected chi connectivity index (χ4v) is 2.92. The van der Waals surface area contributed by atoms with E-state index < -0.39 is 0 Å². The number of allylic oxidation sites excluding steroid dienone is 4. The third kappa shape index (κ3) is 19.2. The van der Waals surface area contributed by atoms with Crippen LogP contribution >= 0.6 is 0 Å². The van der Waals surface area contributed by atoms with Gasteiger partial charge in [0.1, 0.15) is 5.78 Å². The SMILES string of the molecule is CC/C=C/CCCCCCCC(=O)CCCCCCC/C=C/CC. The number of hydrogen-bond acceptors (Lipinski definition) is 1. The molecule has 1 heteroatoms. The molecule has 0 atom stereocenters. The number of rotatable bonds is 18. The Morgan fingerprint density at radius 1 is 0.542 bits per heavy atom. The Morgan fingerprint density at radius 3 is 1.33 bits per heavy atom. The third-order valence-electron chi connectivity index (χ3n) is 4.46. The summed E-state index contributed by atoms with van der Waals surface area (Å²) >= 11 is 0. The van der Waals surface area contributed by atoms with Gasteiger partial charge in [-0.2, -0.15) is 0 Å². The Kier molecular flexibility index (Phi) is 19.5. The van der Waals surface area contributed by atoms with E-state index in [-0.39, 0.29) is 0 Å². The first kappa shape index (κ1) is 23.1. The molecule has 0 fully saturated rings. The van der Waals surface area contributed by atoms with Crippen molar-refractivity contribution in [3.05, 3.63) is 24.3 Å². The maximum absolute atomic E-state index is 11.8. The summed E-state index contributed by atoms with van der Waals surface area (Å²) in [6, 6.07) is 0. The standard InChI is InChI=1S/C23H42O/c1-3-5-7-9-11-13-15-17-19-21-23(24)22-20-18-16-14-12-10-8-6-4-2/h5-8H,3-4,9-22H2,1-2H3/b7-5+,8-6+. The minimum atomic E-state index is 0.492. The van der Waals surface area contributed by atoms with Gasteiger partial charge in [0.2, 0.25) is 0 Å². The van der Waals surface area contributed by atoms with Gasteiger partial charge in [-0.25, -0.2) is 0 Å². The van der Waals surface area contributed by atoms with E-state index in [0.29, 0.717) is 5.78 Å². The van der Waals surface area contributed by atoms with Crippen LogP contribution in [0.15, 0.2) is 24.3 Å². The Bertz CT molecular complexity index is 284. The molecule has 0 aromatic heterocycles. The van der Waals surface area contributed by atoms with Gasteiger partial charge in [0.05, 0.1) is 0 Å². The second-order valence-corrected chi connectivity index (χ2v) is 6.91. The van der Waals surface area contributed by atoms with E-state index in [1.807, 2.05) is 0 Å². The summed E-state index contributed by atoms with van der Waals surface area (Å²) in [5, 5.41) is 0. The van der Waals surface area contributed by atoms with E-state index in [4.69, 9.17) is 0 Å². The summed E-state index contributed by atoms with van der Waals surface area (Å²) < 4.78 is 0. The van der Waals surface area contributed by atoms with Crippen molar-refractivity contribution in [3.63, 3.8) is 0 Å². The van der Waals surface area contributed by atoms with Crippen LogP contribution < -0.4 is 0 Å². The molecule has 0 rings (SSSR count). The normalized spacial score (nSPS) is 11.8. The molecule has 0 bridgehead atoms. The molecule has 0 aliphatic rings. The number of carbonyl (C=O) groups is 1. The van der Waals surface area contributed by atoms with Crippen molar-refractivity contribution in [2.45, 2.75) is 117 Å². The first-order valence-electron chi connectivity index (χ1n) is 10.6. The van der Waals surface area contributed by atoms with Gasteiger partial charge >= 0.3 is 0 Å². The Hall–Kier alpha value is -0.850. The fraction of sp³-hybridized carbons (Fsp3) is 0.783. The van der Waals surface area contributed by atoms with Crippen molar-refractivity contribution < 1.29 is 4.79 Å². The van der Waals surface area contributed by atoms with Gasteiger partial charge in [0.25, 0.3) is 0 Å². The highest BCUT2D eigenvalue weighted by molar-refractivity contribution is 5.78. The molecule has 0 aliphatic heterocycles. The average molecular weight is 335 g/mol. The third-order valence-corrected chi connectivity index (χ3v) is 4.46. The summed E-state index contributed by atoms with van der Waals surface area (Å²) in [5.74, 6) is 0.492. The summed E-state index contributed by atoms with van der Waals surface area (Å²) in [6.45, 7) is 4.36. The second kappa shape index (κ2) is 20.2. The fourth-order valence-electron chi connectivity index (χ4n) is 2.92. The summed E-state index contributed by atoms with van der Waals surface area (Å²) in [6.07, 6.45) is 28.0. The molecular formula is C23H42O. The van der Waals surface area contributed by atoms with Crippen LogP contribution in [0.2, 0.25) is 0 Å². The van der Waals surface area contributed by atoms with Crippen molar-refractivity contribution in [3.8, 4) is 0 Å². The molecular weight excluding hydrogens is 292 g/mol. The summed E-state index contributed by atoms with van der Waals surface area (Å²) in [5.41, 5.74) is 0. The maximum atomic E-state index is 11.8. The van der Waals surface area contributed by atoms with E-state index in [1.165, 1.54) is 64.2 Å². The maximum Gasteiger partial charge on any atom is 0.132 e. The van der Waals surface area contributed by atoms with Gasteiger partial charge in [-0.3, -0.25) is 4.79 Å².